The molecule has 0 aliphatic carbocycles. The molecule has 14 heavy (non-hydrogen) atoms. The number of hydrogen-bond acceptors (Lipinski definition) is 4. The lowest BCUT2D eigenvalue weighted by Gasteiger charge is -2.10. The Morgan fingerprint density at radius 2 is 2.57 bits per heavy atom. The van der Waals surface area contributed by atoms with Crippen LogP contribution in [-0.4, -0.2) is 21.1 Å². The summed E-state index contributed by atoms with van der Waals surface area (Å²) in [4.78, 5) is 17.5. The molecule has 0 spiro atoms. The predicted octanol–water partition coefficient (Wildman–Crippen LogP) is 0.577. The van der Waals surface area contributed by atoms with E-state index in [0.29, 0.717) is 5.16 Å². The van der Waals surface area contributed by atoms with E-state index in [1.54, 1.807) is 0 Å². The number of nitrogens with zero attached hydrogens (tertiary/aromatic N) is 1. The minimum Gasteiger partial charge on any atom is -0.387 e. The van der Waals surface area contributed by atoms with E-state index >= 15 is 0 Å². The van der Waals surface area contributed by atoms with Crippen molar-refractivity contribution in [3.63, 3.8) is 0 Å². The molecule has 0 bridgehead atoms. The summed E-state index contributed by atoms with van der Waals surface area (Å²) in [6.45, 7) is 1.93. The zero-order valence-electron chi connectivity index (χ0n) is 7.78. The van der Waals surface area contributed by atoms with Crippen molar-refractivity contribution in [3.05, 3.63) is 22.6 Å². The maximum absolute atomic E-state index is 10.9. The number of rotatable bonds is 4. The van der Waals surface area contributed by atoms with E-state index in [4.69, 9.17) is 11.1 Å². The molecule has 0 aromatic carbocycles. The van der Waals surface area contributed by atoms with Crippen LogP contribution in [0.5, 0.6) is 0 Å². The Labute approximate surface area is 85.6 Å². The fourth-order valence-corrected chi connectivity index (χ4v) is 1.76. The first kappa shape index (κ1) is 10.8. The highest BCUT2D eigenvalue weighted by molar-refractivity contribution is 8.00. The molecule has 0 radical (unpaired) electrons. The number of nitrogens with one attached hydrogen (secondary N) is 2. The van der Waals surface area contributed by atoms with Crippen molar-refractivity contribution in [2.45, 2.75) is 23.8 Å². The first-order chi connectivity index (χ1) is 6.63. The van der Waals surface area contributed by atoms with Crippen molar-refractivity contribution in [1.82, 2.24) is 9.97 Å². The number of amidine groups is 1. The lowest BCUT2D eigenvalue weighted by Crippen LogP contribution is -2.24. The van der Waals surface area contributed by atoms with Crippen molar-refractivity contribution >= 4 is 17.6 Å². The highest BCUT2D eigenvalue weighted by atomic mass is 32.2. The molecular weight excluding hydrogens is 200 g/mol. The summed E-state index contributed by atoms with van der Waals surface area (Å²) < 4.78 is 0. The molecule has 4 N–H and O–H groups in total. The minimum atomic E-state index is -0.194. The van der Waals surface area contributed by atoms with Crippen molar-refractivity contribution in [2.24, 2.45) is 5.73 Å². The molecule has 0 saturated heterocycles. The minimum absolute atomic E-state index is 0.101. The number of hydrogen-bond donors (Lipinski definition) is 3. The molecule has 1 aromatic rings. The van der Waals surface area contributed by atoms with Gasteiger partial charge in [-0.05, 0) is 6.42 Å². The van der Waals surface area contributed by atoms with Gasteiger partial charge < -0.3 is 10.7 Å². The third-order valence-corrected chi connectivity index (χ3v) is 2.92. The van der Waals surface area contributed by atoms with Crippen LogP contribution in [0.15, 0.2) is 22.2 Å². The summed E-state index contributed by atoms with van der Waals surface area (Å²) in [5.74, 6) is 0.101. The third kappa shape index (κ3) is 2.88. The molecule has 0 fully saturated rings. The Kier molecular flexibility index (Phi) is 3.70. The molecule has 1 aromatic heterocycles. The average molecular weight is 212 g/mol. The van der Waals surface area contributed by atoms with E-state index in [0.717, 1.165) is 6.42 Å². The van der Waals surface area contributed by atoms with E-state index in [9.17, 15) is 4.79 Å². The van der Waals surface area contributed by atoms with Gasteiger partial charge >= 0.3 is 0 Å². The van der Waals surface area contributed by atoms with Gasteiger partial charge in [0, 0.05) is 12.3 Å². The van der Waals surface area contributed by atoms with Crippen LogP contribution in [0.2, 0.25) is 0 Å². The number of aromatic nitrogens is 2. The van der Waals surface area contributed by atoms with Crippen LogP contribution in [0.4, 0.5) is 0 Å². The summed E-state index contributed by atoms with van der Waals surface area (Å²) in [5, 5.41) is 7.67. The summed E-state index contributed by atoms with van der Waals surface area (Å²) in [6, 6.07) is 1.35. The van der Waals surface area contributed by atoms with E-state index in [-0.39, 0.29) is 16.6 Å². The zero-order chi connectivity index (χ0) is 10.6. The maximum atomic E-state index is 10.9. The number of H-pyrrole nitrogens is 1. The summed E-state index contributed by atoms with van der Waals surface area (Å²) in [5.41, 5.74) is 5.18. The standard InChI is InChI=1S/C8H12N4OS/c1-2-5(7(9)10)14-8-11-4-3-6(13)12-8/h3-5H,2H2,1H3,(H3,9,10)(H,11,12,13). The lowest BCUT2D eigenvalue weighted by molar-refractivity contribution is 0.918. The van der Waals surface area contributed by atoms with Crippen LogP contribution < -0.4 is 11.3 Å². The highest BCUT2D eigenvalue weighted by Gasteiger charge is 2.12. The van der Waals surface area contributed by atoms with Gasteiger partial charge in [0.1, 0.15) is 5.84 Å². The van der Waals surface area contributed by atoms with Crippen molar-refractivity contribution in [2.75, 3.05) is 0 Å². The van der Waals surface area contributed by atoms with Crippen LogP contribution in [-0.2, 0) is 0 Å². The second-order valence-electron chi connectivity index (χ2n) is 2.71. The first-order valence-electron chi connectivity index (χ1n) is 4.19. The molecule has 0 saturated carbocycles. The number of nitrogens with two attached hydrogens (primary N) is 1. The maximum Gasteiger partial charge on any atom is 0.251 e. The van der Waals surface area contributed by atoms with Crippen LogP contribution in [0.1, 0.15) is 13.3 Å². The third-order valence-electron chi connectivity index (χ3n) is 1.62. The van der Waals surface area contributed by atoms with Gasteiger partial charge in [-0.1, -0.05) is 18.7 Å². The molecule has 0 amide bonds. The molecule has 76 valence electrons. The van der Waals surface area contributed by atoms with E-state index < -0.39 is 0 Å². The Balaban J connectivity index is 2.77. The van der Waals surface area contributed by atoms with Gasteiger partial charge in [-0.2, -0.15) is 0 Å². The largest absolute Gasteiger partial charge is 0.387 e. The van der Waals surface area contributed by atoms with Gasteiger partial charge in [-0.15, -0.1) is 0 Å². The summed E-state index contributed by atoms with van der Waals surface area (Å²) in [7, 11) is 0. The smallest absolute Gasteiger partial charge is 0.251 e. The Bertz CT molecular complexity index is 376. The second-order valence-corrected chi connectivity index (χ2v) is 3.90. The van der Waals surface area contributed by atoms with Crippen LogP contribution in [0, 0.1) is 5.41 Å². The molecule has 1 heterocycles. The fourth-order valence-electron chi connectivity index (χ4n) is 0.913. The van der Waals surface area contributed by atoms with Crippen molar-refractivity contribution < 1.29 is 0 Å². The van der Waals surface area contributed by atoms with Gasteiger partial charge in [0.2, 0.25) is 0 Å². The van der Waals surface area contributed by atoms with Gasteiger partial charge in [0.05, 0.1) is 5.25 Å². The molecule has 1 unspecified atom stereocenters. The Hall–Kier alpha value is -1.30. The predicted molar refractivity (Wildman–Crippen MR) is 56.7 cm³/mol. The van der Waals surface area contributed by atoms with Crippen molar-refractivity contribution in [1.29, 1.82) is 5.41 Å². The highest BCUT2D eigenvalue weighted by Crippen LogP contribution is 2.20. The van der Waals surface area contributed by atoms with Crippen LogP contribution in [0.3, 0.4) is 0 Å². The number of aromatic amines is 1. The zero-order valence-corrected chi connectivity index (χ0v) is 8.60. The fraction of sp³-hybridized carbons (Fsp3) is 0.375. The van der Waals surface area contributed by atoms with Crippen LogP contribution in [0.25, 0.3) is 0 Å². The van der Waals surface area contributed by atoms with E-state index in [1.807, 2.05) is 6.92 Å². The van der Waals surface area contributed by atoms with E-state index in [1.165, 1.54) is 24.0 Å². The Morgan fingerprint density at radius 3 is 3.07 bits per heavy atom. The van der Waals surface area contributed by atoms with Gasteiger partial charge in [-0.3, -0.25) is 10.2 Å². The molecular formula is C8H12N4OS. The Morgan fingerprint density at radius 1 is 1.86 bits per heavy atom. The van der Waals surface area contributed by atoms with Gasteiger partial charge in [0.25, 0.3) is 5.56 Å². The second kappa shape index (κ2) is 4.80. The van der Waals surface area contributed by atoms with Gasteiger partial charge in [0.15, 0.2) is 5.16 Å². The normalized spacial score (nSPS) is 12.4. The summed E-state index contributed by atoms with van der Waals surface area (Å²) in [6.07, 6.45) is 2.17. The monoisotopic (exact) mass is 212 g/mol. The quantitative estimate of drug-likeness (QED) is 0.294. The molecule has 1 rings (SSSR count). The number of thioether (sulfide) groups is 1. The molecule has 0 aliphatic heterocycles. The summed E-state index contributed by atoms with van der Waals surface area (Å²) >= 11 is 1.29. The lowest BCUT2D eigenvalue weighted by atomic mass is 10.3. The van der Waals surface area contributed by atoms with Crippen molar-refractivity contribution in [3.8, 4) is 0 Å². The van der Waals surface area contributed by atoms with E-state index in [2.05, 4.69) is 9.97 Å². The first-order valence-corrected chi connectivity index (χ1v) is 5.07. The molecule has 5 nitrogen and oxygen atoms in total. The molecule has 1 atom stereocenters. The average Bonchev–Trinajstić information content (AvgIpc) is 2.14. The molecule has 0 aliphatic rings. The molecule has 6 heteroatoms. The van der Waals surface area contributed by atoms with Gasteiger partial charge in [-0.25, -0.2) is 4.98 Å². The SMILES string of the molecule is CCC(Sc1nccc(=O)[nH]1)C(=N)N. The van der Waals surface area contributed by atoms with Crippen LogP contribution >= 0.6 is 11.8 Å². The topological polar surface area (TPSA) is 95.6 Å².